The summed E-state index contributed by atoms with van der Waals surface area (Å²) in [5, 5.41) is 4.73. The van der Waals surface area contributed by atoms with E-state index in [0.29, 0.717) is 6.54 Å². The summed E-state index contributed by atoms with van der Waals surface area (Å²) in [6.07, 6.45) is 3.55. The fraction of sp³-hybridized carbons (Fsp3) is 0.360. The van der Waals surface area contributed by atoms with Gasteiger partial charge in [-0.05, 0) is 49.4 Å². The van der Waals surface area contributed by atoms with Gasteiger partial charge in [0, 0.05) is 49.9 Å². The molecule has 0 saturated heterocycles. The molecule has 168 valence electrons. The molecule has 0 aliphatic heterocycles. The van der Waals surface area contributed by atoms with E-state index in [0.717, 1.165) is 53.7 Å². The minimum absolute atomic E-state index is 0.0810. The van der Waals surface area contributed by atoms with Gasteiger partial charge in [-0.15, -0.1) is 0 Å². The quantitative estimate of drug-likeness (QED) is 0.586. The van der Waals surface area contributed by atoms with Gasteiger partial charge in [-0.25, -0.2) is 14.2 Å². The highest BCUT2D eigenvalue weighted by Crippen LogP contribution is 2.30. The number of nitrogens with zero attached hydrogens (tertiary/aromatic N) is 3. The van der Waals surface area contributed by atoms with E-state index in [4.69, 9.17) is 10.7 Å². The largest absolute Gasteiger partial charge is 0.377 e. The number of hydrogen-bond donors (Lipinski definition) is 2. The fourth-order valence-corrected chi connectivity index (χ4v) is 4.52. The van der Waals surface area contributed by atoms with Crippen LogP contribution in [0.25, 0.3) is 10.9 Å². The van der Waals surface area contributed by atoms with Gasteiger partial charge in [-0.3, -0.25) is 0 Å². The topological polar surface area (TPSA) is 74.5 Å². The van der Waals surface area contributed by atoms with Crippen molar-refractivity contribution in [2.24, 2.45) is 5.73 Å². The molecule has 0 spiro atoms. The van der Waals surface area contributed by atoms with Crippen LogP contribution in [0.2, 0.25) is 0 Å². The molecule has 1 saturated carbocycles. The Kier molecular flexibility index (Phi) is 6.44. The van der Waals surface area contributed by atoms with Crippen molar-refractivity contribution in [3.63, 3.8) is 0 Å². The lowest BCUT2D eigenvalue weighted by Gasteiger charge is -2.36. The van der Waals surface area contributed by atoms with E-state index in [1.54, 1.807) is 17.0 Å². The number of nitrogens with two attached hydrogens (primary N) is 1. The first kappa shape index (κ1) is 21.9. The van der Waals surface area contributed by atoms with Gasteiger partial charge in [0.25, 0.3) is 0 Å². The van der Waals surface area contributed by atoms with Crippen molar-refractivity contribution in [2.45, 2.75) is 44.3 Å². The second-order valence-corrected chi connectivity index (χ2v) is 8.68. The third-order valence-corrected chi connectivity index (χ3v) is 6.21. The summed E-state index contributed by atoms with van der Waals surface area (Å²) in [6, 6.07) is 16.4. The molecule has 1 aliphatic rings. The molecule has 1 aromatic heterocycles. The van der Waals surface area contributed by atoms with Crippen LogP contribution in [-0.4, -0.2) is 42.1 Å². The van der Waals surface area contributed by atoms with Crippen molar-refractivity contribution in [2.75, 3.05) is 24.3 Å². The van der Waals surface area contributed by atoms with Gasteiger partial charge in [0.2, 0.25) is 0 Å². The predicted octanol–water partition coefficient (Wildman–Crippen LogP) is 4.74. The number of pyridine rings is 1. The molecule has 1 aliphatic carbocycles. The maximum atomic E-state index is 13.2. The zero-order valence-corrected chi connectivity index (χ0v) is 18.6. The van der Waals surface area contributed by atoms with Gasteiger partial charge in [0.05, 0.1) is 5.52 Å². The maximum absolute atomic E-state index is 13.2. The molecular weight excluding hydrogens is 405 g/mol. The van der Waals surface area contributed by atoms with Gasteiger partial charge in [-0.1, -0.05) is 30.3 Å². The fourth-order valence-electron chi connectivity index (χ4n) is 4.52. The molecular formula is C25H30FN5O. The molecule has 0 bridgehead atoms. The minimum Gasteiger partial charge on any atom is -0.377 e. The standard InChI is InChI=1S/C25H30FN5O/c1-30(2)23-15-24(29-22-6-4-3-5-21(22)23)28-19-11-13-20(14-12-19)31(25(27)32)16-17-7-9-18(26)10-8-17/h3-10,15,19-20H,11-14,16H2,1-2H3,(H2,27,32)(H,28,29)/t19-,20+. The molecule has 3 aromatic rings. The van der Waals surface area contributed by atoms with Crippen molar-refractivity contribution < 1.29 is 9.18 Å². The lowest BCUT2D eigenvalue weighted by atomic mass is 9.90. The average Bonchev–Trinajstić information content (AvgIpc) is 2.78. The number of halogens is 1. The minimum atomic E-state index is -0.433. The Labute approximate surface area is 188 Å². The number of aromatic nitrogens is 1. The molecule has 3 N–H and O–H groups in total. The van der Waals surface area contributed by atoms with Gasteiger partial charge in [-0.2, -0.15) is 0 Å². The highest BCUT2D eigenvalue weighted by molar-refractivity contribution is 5.93. The number of anilines is 2. The Bertz CT molecular complexity index is 1080. The van der Waals surface area contributed by atoms with Crippen molar-refractivity contribution >= 4 is 28.4 Å². The Morgan fingerprint density at radius 2 is 1.78 bits per heavy atom. The summed E-state index contributed by atoms with van der Waals surface area (Å²) in [6.45, 7) is 0.400. The number of carbonyl (C=O) groups excluding carboxylic acids is 1. The first-order valence-electron chi connectivity index (χ1n) is 11.0. The van der Waals surface area contributed by atoms with Gasteiger partial charge in [0.1, 0.15) is 11.6 Å². The first-order valence-corrected chi connectivity index (χ1v) is 11.0. The Hall–Kier alpha value is -3.35. The predicted molar refractivity (Wildman–Crippen MR) is 127 cm³/mol. The second kappa shape index (κ2) is 9.42. The van der Waals surface area contributed by atoms with Crippen LogP contribution in [-0.2, 0) is 6.54 Å². The van der Waals surface area contributed by atoms with Crippen molar-refractivity contribution in [3.05, 3.63) is 66.0 Å². The summed E-state index contributed by atoms with van der Waals surface area (Å²) in [7, 11) is 4.08. The van der Waals surface area contributed by atoms with Gasteiger partial charge < -0.3 is 20.9 Å². The average molecular weight is 436 g/mol. The molecule has 2 aromatic carbocycles. The summed E-state index contributed by atoms with van der Waals surface area (Å²) >= 11 is 0. The molecule has 6 nitrogen and oxygen atoms in total. The number of para-hydroxylation sites is 1. The Morgan fingerprint density at radius 3 is 2.44 bits per heavy atom. The second-order valence-electron chi connectivity index (χ2n) is 8.68. The number of rotatable bonds is 6. The van der Waals surface area contributed by atoms with Crippen LogP contribution >= 0.6 is 0 Å². The summed E-state index contributed by atoms with van der Waals surface area (Å²) in [5.41, 5.74) is 8.66. The Balaban J connectivity index is 1.42. The zero-order valence-electron chi connectivity index (χ0n) is 18.6. The van der Waals surface area contributed by atoms with Gasteiger partial charge >= 0.3 is 6.03 Å². The van der Waals surface area contributed by atoms with E-state index in [2.05, 4.69) is 22.3 Å². The number of urea groups is 1. The van der Waals surface area contributed by atoms with E-state index >= 15 is 0 Å². The van der Waals surface area contributed by atoms with E-state index in [1.807, 2.05) is 32.3 Å². The van der Waals surface area contributed by atoms with Crippen LogP contribution in [0, 0.1) is 5.82 Å². The van der Waals surface area contributed by atoms with Crippen LogP contribution in [0.5, 0.6) is 0 Å². The van der Waals surface area contributed by atoms with E-state index in [-0.39, 0.29) is 17.9 Å². The number of hydrogen-bond acceptors (Lipinski definition) is 4. The van der Waals surface area contributed by atoms with E-state index in [9.17, 15) is 9.18 Å². The zero-order chi connectivity index (χ0) is 22.7. The highest BCUT2D eigenvalue weighted by atomic mass is 19.1. The smallest absolute Gasteiger partial charge is 0.315 e. The lowest BCUT2D eigenvalue weighted by Crippen LogP contribution is -2.46. The summed E-state index contributed by atoms with van der Waals surface area (Å²) in [5.74, 6) is 0.583. The third kappa shape index (κ3) is 4.93. The van der Waals surface area contributed by atoms with Crippen LogP contribution in [0.4, 0.5) is 20.7 Å². The molecule has 4 rings (SSSR count). The first-order chi connectivity index (χ1) is 15.4. The molecule has 0 atom stereocenters. The van der Waals surface area contributed by atoms with E-state index in [1.165, 1.54) is 12.1 Å². The van der Waals surface area contributed by atoms with Crippen molar-refractivity contribution in [1.29, 1.82) is 0 Å². The SMILES string of the molecule is CN(C)c1cc(N[C@H]2CC[C@@H](N(Cc3ccc(F)cc3)C(N)=O)CC2)nc2ccccc12. The molecule has 0 unspecified atom stereocenters. The number of fused-ring (bicyclic) bond motifs is 1. The molecule has 7 heteroatoms. The molecule has 1 heterocycles. The van der Waals surface area contributed by atoms with Crippen LogP contribution < -0.4 is 16.0 Å². The summed E-state index contributed by atoms with van der Waals surface area (Å²) in [4.78, 5) is 20.7. The monoisotopic (exact) mass is 435 g/mol. The van der Waals surface area contributed by atoms with E-state index < -0.39 is 6.03 Å². The number of amides is 2. The Morgan fingerprint density at radius 1 is 1.09 bits per heavy atom. The summed E-state index contributed by atoms with van der Waals surface area (Å²) < 4.78 is 13.2. The number of carbonyl (C=O) groups is 1. The molecule has 2 amide bonds. The normalized spacial score (nSPS) is 18.3. The lowest BCUT2D eigenvalue weighted by molar-refractivity contribution is 0.156. The van der Waals surface area contributed by atoms with Crippen molar-refractivity contribution in [1.82, 2.24) is 9.88 Å². The van der Waals surface area contributed by atoms with Crippen LogP contribution in [0.1, 0.15) is 31.2 Å². The van der Waals surface area contributed by atoms with Crippen LogP contribution in [0.3, 0.4) is 0 Å². The van der Waals surface area contributed by atoms with Crippen molar-refractivity contribution in [3.8, 4) is 0 Å². The van der Waals surface area contributed by atoms with Gasteiger partial charge in [0.15, 0.2) is 0 Å². The van der Waals surface area contributed by atoms with Crippen LogP contribution in [0.15, 0.2) is 54.6 Å². The molecule has 32 heavy (non-hydrogen) atoms. The highest BCUT2D eigenvalue weighted by Gasteiger charge is 2.28. The molecule has 1 fully saturated rings. The molecule has 0 radical (unpaired) electrons. The third-order valence-electron chi connectivity index (χ3n) is 6.21. The number of nitrogens with one attached hydrogen (secondary N) is 1. The maximum Gasteiger partial charge on any atom is 0.315 e. The number of benzene rings is 2. The number of primary amides is 1.